The summed E-state index contributed by atoms with van der Waals surface area (Å²) in [6, 6.07) is 9.34. The number of hydrogen-bond acceptors (Lipinski definition) is 3. The van der Waals surface area contributed by atoms with Crippen LogP contribution in [0.15, 0.2) is 24.3 Å². The molecule has 4 rings (SSSR count). The topological polar surface area (TPSA) is 4.93 Å². The van der Waals surface area contributed by atoms with Crippen LogP contribution in [-0.4, -0.2) is 4.57 Å². The summed E-state index contributed by atoms with van der Waals surface area (Å²) in [5.41, 5.74) is 2.90. The molecule has 0 fully saturated rings. The van der Waals surface area contributed by atoms with Crippen molar-refractivity contribution in [3.05, 3.63) is 34.0 Å². The highest BCUT2D eigenvalue weighted by Gasteiger charge is 2.17. The zero-order valence-electron chi connectivity index (χ0n) is 15.9. The van der Waals surface area contributed by atoms with E-state index < -0.39 is 0 Å². The van der Waals surface area contributed by atoms with Gasteiger partial charge >= 0.3 is 0 Å². The van der Waals surface area contributed by atoms with Crippen molar-refractivity contribution in [2.24, 2.45) is 0 Å². The maximum Gasteiger partial charge on any atom is 0.0707 e. The third-order valence-electron chi connectivity index (χ3n) is 5.05. The van der Waals surface area contributed by atoms with Crippen molar-refractivity contribution >= 4 is 54.4 Å². The smallest absolute Gasteiger partial charge is 0.0707 e. The molecular formula is C22H27NS3. The van der Waals surface area contributed by atoms with Crippen molar-refractivity contribution in [1.29, 1.82) is 0 Å². The Balaban J connectivity index is 1.63. The molecule has 0 atom stereocenters. The maximum absolute atomic E-state index is 2.59. The van der Waals surface area contributed by atoms with E-state index in [0.717, 1.165) is 6.54 Å². The van der Waals surface area contributed by atoms with Gasteiger partial charge in [0.15, 0.2) is 0 Å². The SMILES string of the molecule is CCCCCCCCn1c2cc(C)sc2c2sc(-c3ccc(C)s3)cc21. The van der Waals surface area contributed by atoms with E-state index >= 15 is 0 Å². The standard InChI is InChI=1S/C22H27NS3/c1-4-5-6-7-8-9-12-23-17-13-16(3)25-21(17)22-18(23)14-20(26-22)19-11-10-15(2)24-19/h10-11,13-14H,4-9,12H2,1-3H3. The molecule has 26 heavy (non-hydrogen) atoms. The van der Waals surface area contributed by atoms with Crippen molar-refractivity contribution in [2.45, 2.75) is 65.8 Å². The zero-order valence-corrected chi connectivity index (χ0v) is 18.4. The molecule has 0 amide bonds. The molecule has 0 aliphatic rings. The van der Waals surface area contributed by atoms with Gasteiger partial charge in [-0.1, -0.05) is 39.0 Å². The summed E-state index contributed by atoms with van der Waals surface area (Å²) >= 11 is 5.85. The third-order valence-corrected chi connectivity index (χ3v) is 8.58. The maximum atomic E-state index is 2.59. The molecule has 1 nitrogen and oxygen atoms in total. The van der Waals surface area contributed by atoms with E-state index in [9.17, 15) is 0 Å². The summed E-state index contributed by atoms with van der Waals surface area (Å²) in [7, 11) is 0. The molecule has 4 aromatic heterocycles. The van der Waals surface area contributed by atoms with Gasteiger partial charge in [0.05, 0.1) is 20.4 Å². The van der Waals surface area contributed by atoms with E-state index in [4.69, 9.17) is 0 Å². The van der Waals surface area contributed by atoms with Gasteiger partial charge in [-0.3, -0.25) is 0 Å². The number of hydrogen-bond donors (Lipinski definition) is 0. The Morgan fingerprint density at radius 3 is 2.23 bits per heavy atom. The minimum absolute atomic E-state index is 1.15. The van der Waals surface area contributed by atoms with Crippen LogP contribution in [0.1, 0.15) is 55.2 Å². The van der Waals surface area contributed by atoms with E-state index in [2.05, 4.69) is 49.6 Å². The first-order valence-electron chi connectivity index (χ1n) is 9.76. The molecule has 0 N–H and O–H groups in total. The van der Waals surface area contributed by atoms with Crippen LogP contribution in [0.2, 0.25) is 0 Å². The number of aromatic nitrogens is 1. The van der Waals surface area contributed by atoms with Crippen LogP contribution in [0, 0.1) is 13.8 Å². The van der Waals surface area contributed by atoms with Gasteiger partial charge in [-0.05, 0) is 44.5 Å². The fourth-order valence-electron chi connectivity index (χ4n) is 3.72. The molecule has 138 valence electrons. The van der Waals surface area contributed by atoms with E-state index in [-0.39, 0.29) is 0 Å². The first kappa shape index (κ1) is 18.3. The summed E-state index contributed by atoms with van der Waals surface area (Å²) in [6.45, 7) is 7.88. The van der Waals surface area contributed by atoms with Crippen molar-refractivity contribution in [3.63, 3.8) is 0 Å². The number of aryl methyl sites for hydroxylation is 3. The number of fused-ring (bicyclic) bond motifs is 3. The molecule has 0 aliphatic carbocycles. The summed E-state index contributed by atoms with van der Waals surface area (Å²) in [4.78, 5) is 5.66. The molecule has 4 heteroatoms. The molecule has 0 aliphatic heterocycles. The van der Waals surface area contributed by atoms with Gasteiger partial charge in [-0.2, -0.15) is 0 Å². The third kappa shape index (κ3) is 3.51. The quantitative estimate of drug-likeness (QED) is 0.260. The van der Waals surface area contributed by atoms with E-state index in [1.807, 2.05) is 34.0 Å². The van der Waals surface area contributed by atoms with Crippen molar-refractivity contribution in [2.75, 3.05) is 0 Å². The highest BCUT2D eigenvalue weighted by atomic mass is 32.1. The average molecular weight is 402 g/mol. The molecular weight excluding hydrogens is 374 g/mol. The van der Waals surface area contributed by atoms with Gasteiger partial charge in [-0.15, -0.1) is 34.0 Å². The van der Waals surface area contributed by atoms with Crippen LogP contribution in [0.4, 0.5) is 0 Å². The zero-order chi connectivity index (χ0) is 18.1. The molecule has 0 saturated heterocycles. The molecule has 0 aromatic carbocycles. The molecule has 0 radical (unpaired) electrons. The lowest BCUT2D eigenvalue weighted by Crippen LogP contribution is -1.96. The summed E-state index contributed by atoms with van der Waals surface area (Å²) in [5, 5.41) is 0. The Labute approximate surface area is 168 Å². The van der Waals surface area contributed by atoms with Crippen LogP contribution in [0.25, 0.3) is 30.2 Å². The second-order valence-corrected chi connectivity index (χ2v) is 10.8. The van der Waals surface area contributed by atoms with Gasteiger partial charge < -0.3 is 4.57 Å². The van der Waals surface area contributed by atoms with Crippen molar-refractivity contribution in [3.8, 4) is 9.75 Å². The average Bonchev–Trinajstić information content (AvgIpc) is 3.34. The Kier molecular flexibility index (Phi) is 5.53. The normalized spacial score (nSPS) is 12.0. The van der Waals surface area contributed by atoms with Crippen LogP contribution >= 0.6 is 34.0 Å². The summed E-state index contributed by atoms with van der Waals surface area (Å²) < 4.78 is 5.58. The number of nitrogens with zero attached hydrogens (tertiary/aromatic N) is 1. The number of unbranched alkanes of at least 4 members (excludes halogenated alkanes) is 5. The fourth-order valence-corrected chi connectivity index (χ4v) is 6.99. The van der Waals surface area contributed by atoms with Gasteiger partial charge in [-0.25, -0.2) is 0 Å². The van der Waals surface area contributed by atoms with Crippen LogP contribution in [0.3, 0.4) is 0 Å². The van der Waals surface area contributed by atoms with Crippen LogP contribution in [0.5, 0.6) is 0 Å². The molecule has 0 spiro atoms. The monoisotopic (exact) mass is 401 g/mol. The second kappa shape index (κ2) is 7.87. The molecule has 0 saturated carbocycles. The number of rotatable bonds is 8. The van der Waals surface area contributed by atoms with Gasteiger partial charge in [0.2, 0.25) is 0 Å². The van der Waals surface area contributed by atoms with E-state index in [0.29, 0.717) is 0 Å². The Hall–Kier alpha value is -1.10. The Morgan fingerprint density at radius 1 is 0.731 bits per heavy atom. The fraction of sp³-hybridized carbons (Fsp3) is 0.455. The summed E-state index contributed by atoms with van der Waals surface area (Å²) in [6.07, 6.45) is 8.13. The van der Waals surface area contributed by atoms with Crippen LogP contribution in [-0.2, 0) is 6.54 Å². The Morgan fingerprint density at radius 2 is 1.46 bits per heavy atom. The van der Waals surface area contributed by atoms with E-state index in [1.54, 1.807) is 0 Å². The molecule has 4 heterocycles. The van der Waals surface area contributed by atoms with Gasteiger partial charge in [0.1, 0.15) is 0 Å². The lowest BCUT2D eigenvalue weighted by molar-refractivity contribution is 0.571. The van der Waals surface area contributed by atoms with Crippen molar-refractivity contribution < 1.29 is 0 Å². The summed E-state index contributed by atoms with van der Waals surface area (Å²) in [5.74, 6) is 0. The largest absolute Gasteiger partial charge is 0.339 e. The molecule has 4 aromatic rings. The first-order valence-corrected chi connectivity index (χ1v) is 12.2. The van der Waals surface area contributed by atoms with Crippen LogP contribution < -0.4 is 0 Å². The second-order valence-electron chi connectivity index (χ2n) is 7.23. The Bertz CT molecular complexity index is 1010. The lowest BCUT2D eigenvalue weighted by Gasteiger charge is -2.06. The predicted octanol–water partition coefficient (Wildman–Crippen LogP) is 8.62. The molecule has 0 bridgehead atoms. The van der Waals surface area contributed by atoms with E-state index in [1.165, 1.54) is 78.5 Å². The minimum atomic E-state index is 1.15. The molecule has 0 unspecified atom stereocenters. The first-order chi connectivity index (χ1) is 12.7. The highest BCUT2D eigenvalue weighted by Crippen LogP contribution is 2.44. The highest BCUT2D eigenvalue weighted by molar-refractivity contribution is 7.30. The number of thiophene rings is 3. The minimum Gasteiger partial charge on any atom is -0.339 e. The predicted molar refractivity (Wildman–Crippen MR) is 121 cm³/mol. The van der Waals surface area contributed by atoms with Gasteiger partial charge in [0.25, 0.3) is 0 Å². The van der Waals surface area contributed by atoms with Crippen molar-refractivity contribution in [1.82, 2.24) is 4.57 Å². The van der Waals surface area contributed by atoms with Gasteiger partial charge in [0, 0.05) is 26.1 Å². The lowest BCUT2D eigenvalue weighted by atomic mass is 10.1.